The number of nitro groups is 1. The van der Waals surface area contributed by atoms with Crippen LogP contribution in [0.3, 0.4) is 0 Å². The summed E-state index contributed by atoms with van der Waals surface area (Å²) in [7, 11) is 0. The highest BCUT2D eigenvalue weighted by molar-refractivity contribution is 9.09. The zero-order valence-electron chi connectivity index (χ0n) is 10.7. The van der Waals surface area contributed by atoms with Gasteiger partial charge in [-0.15, -0.1) is 0 Å². The summed E-state index contributed by atoms with van der Waals surface area (Å²) >= 11 is 12.4. The molecule has 0 aliphatic carbocycles. The van der Waals surface area contributed by atoms with Crippen LogP contribution in [0.2, 0.25) is 5.02 Å². The molecule has 1 amide bonds. The summed E-state index contributed by atoms with van der Waals surface area (Å²) in [5.41, 5.74) is -0.798. The van der Waals surface area contributed by atoms with Crippen molar-refractivity contribution in [2.24, 2.45) is 0 Å². The van der Waals surface area contributed by atoms with E-state index in [1.807, 2.05) is 6.92 Å². The number of benzene rings is 1. The molecule has 0 saturated heterocycles. The number of carbonyl (C=O) groups excluding carboxylic acids is 1. The zero-order chi connectivity index (χ0) is 15.3. The molecular formula is C12H13Br2ClN2O3. The molecule has 0 saturated carbocycles. The molecule has 0 aromatic heterocycles. The number of alkyl halides is 2. The Hall–Kier alpha value is -0.660. The van der Waals surface area contributed by atoms with Crippen LogP contribution in [-0.4, -0.2) is 27.0 Å². The van der Waals surface area contributed by atoms with E-state index >= 15 is 0 Å². The predicted octanol–water partition coefficient (Wildman–Crippen LogP) is 3.92. The van der Waals surface area contributed by atoms with Crippen LogP contribution >= 0.6 is 43.5 Å². The topological polar surface area (TPSA) is 72.2 Å². The van der Waals surface area contributed by atoms with E-state index in [4.69, 9.17) is 11.6 Å². The average molecular weight is 429 g/mol. The van der Waals surface area contributed by atoms with Crippen LogP contribution in [0.15, 0.2) is 18.2 Å². The largest absolute Gasteiger partial charge is 0.345 e. The van der Waals surface area contributed by atoms with Crippen molar-refractivity contribution in [3.05, 3.63) is 38.9 Å². The number of halogens is 3. The lowest BCUT2D eigenvalue weighted by Gasteiger charge is -2.29. The predicted molar refractivity (Wildman–Crippen MR) is 86.2 cm³/mol. The Kier molecular flexibility index (Phi) is 6.42. The molecule has 0 aliphatic heterocycles. The first-order valence-electron chi connectivity index (χ1n) is 5.77. The van der Waals surface area contributed by atoms with E-state index in [0.717, 1.165) is 0 Å². The maximum atomic E-state index is 12.3. The summed E-state index contributed by atoms with van der Waals surface area (Å²) in [6.07, 6.45) is 0.677. The van der Waals surface area contributed by atoms with Crippen molar-refractivity contribution in [2.75, 3.05) is 10.7 Å². The minimum absolute atomic E-state index is 0.000810. The highest BCUT2D eigenvalue weighted by Gasteiger charge is 2.30. The van der Waals surface area contributed by atoms with Gasteiger partial charge in [0, 0.05) is 21.7 Å². The van der Waals surface area contributed by atoms with E-state index in [1.54, 1.807) is 0 Å². The third-order valence-corrected chi connectivity index (χ3v) is 5.35. The van der Waals surface area contributed by atoms with Crippen molar-refractivity contribution in [1.82, 2.24) is 5.32 Å². The second-order valence-corrected chi connectivity index (χ2v) is 5.83. The van der Waals surface area contributed by atoms with Crippen molar-refractivity contribution < 1.29 is 9.72 Å². The molecule has 0 heterocycles. The van der Waals surface area contributed by atoms with Gasteiger partial charge in [-0.3, -0.25) is 14.9 Å². The van der Waals surface area contributed by atoms with Gasteiger partial charge in [0.25, 0.3) is 11.6 Å². The Morgan fingerprint density at radius 3 is 2.50 bits per heavy atom. The average Bonchev–Trinajstić information content (AvgIpc) is 2.44. The molecule has 1 rings (SSSR count). The van der Waals surface area contributed by atoms with Gasteiger partial charge in [-0.25, -0.2) is 0 Å². The molecule has 1 N–H and O–H groups in total. The van der Waals surface area contributed by atoms with Gasteiger partial charge < -0.3 is 5.32 Å². The highest BCUT2D eigenvalue weighted by atomic mass is 79.9. The van der Waals surface area contributed by atoms with E-state index in [1.165, 1.54) is 18.2 Å². The van der Waals surface area contributed by atoms with E-state index < -0.39 is 16.4 Å². The first-order valence-corrected chi connectivity index (χ1v) is 8.39. The molecule has 0 fully saturated rings. The van der Waals surface area contributed by atoms with Crippen molar-refractivity contribution in [3.63, 3.8) is 0 Å². The van der Waals surface area contributed by atoms with Gasteiger partial charge >= 0.3 is 0 Å². The highest BCUT2D eigenvalue weighted by Crippen LogP contribution is 2.25. The number of rotatable bonds is 6. The lowest BCUT2D eigenvalue weighted by atomic mass is 10.0. The molecule has 20 heavy (non-hydrogen) atoms. The first-order chi connectivity index (χ1) is 9.39. The fourth-order valence-electron chi connectivity index (χ4n) is 1.54. The van der Waals surface area contributed by atoms with Gasteiger partial charge in [0.1, 0.15) is 5.56 Å². The number of hydrogen-bond donors (Lipinski definition) is 1. The monoisotopic (exact) mass is 426 g/mol. The summed E-state index contributed by atoms with van der Waals surface area (Å²) in [5, 5.41) is 15.1. The Morgan fingerprint density at radius 2 is 2.05 bits per heavy atom. The molecule has 1 aromatic carbocycles. The molecule has 0 aliphatic rings. The molecular weight excluding hydrogens is 415 g/mol. The van der Waals surface area contributed by atoms with Gasteiger partial charge in [0.05, 0.1) is 10.5 Å². The van der Waals surface area contributed by atoms with Crippen molar-refractivity contribution in [2.45, 2.75) is 18.9 Å². The van der Waals surface area contributed by atoms with E-state index in [-0.39, 0.29) is 16.3 Å². The second kappa shape index (κ2) is 7.38. The summed E-state index contributed by atoms with van der Waals surface area (Å²) in [4.78, 5) is 22.7. The van der Waals surface area contributed by atoms with Crippen LogP contribution in [0.4, 0.5) is 5.69 Å². The molecule has 0 atom stereocenters. The Labute approximate surface area is 138 Å². The molecule has 110 valence electrons. The number of hydrogen-bond acceptors (Lipinski definition) is 3. The first kappa shape index (κ1) is 17.4. The summed E-state index contributed by atoms with van der Waals surface area (Å²) < 4.78 is 0. The minimum Gasteiger partial charge on any atom is -0.345 e. The minimum atomic E-state index is -0.614. The zero-order valence-corrected chi connectivity index (χ0v) is 14.6. The lowest BCUT2D eigenvalue weighted by Crippen LogP contribution is -2.51. The van der Waals surface area contributed by atoms with Gasteiger partial charge in [-0.1, -0.05) is 50.4 Å². The van der Waals surface area contributed by atoms with Gasteiger partial charge in [-0.2, -0.15) is 0 Å². The van der Waals surface area contributed by atoms with Crippen LogP contribution in [-0.2, 0) is 0 Å². The lowest BCUT2D eigenvalue weighted by molar-refractivity contribution is -0.385. The molecule has 0 bridgehead atoms. The number of carbonyl (C=O) groups is 1. The van der Waals surface area contributed by atoms with Crippen molar-refractivity contribution in [3.8, 4) is 0 Å². The smallest absolute Gasteiger partial charge is 0.283 e. The van der Waals surface area contributed by atoms with Crippen LogP contribution in [0, 0.1) is 10.1 Å². The van der Waals surface area contributed by atoms with E-state index in [2.05, 4.69) is 37.2 Å². The SMILES string of the molecule is CCC(CBr)(CBr)NC(=O)c1ccc(Cl)cc1[N+](=O)[O-]. The molecule has 0 unspecified atom stereocenters. The normalized spacial score (nSPS) is 11.2. The fraction of sp³-hybridized carbons (Fsp3) is 0.417. The maximum absolute atomic E-state index is 12.3. The quantitative estimate of drug-likeness (QED) is 0.424. The van der Waals surface area contributed by atoms with Crippen LogP contribution in [0.1, 0.15) is 23.7 Å². The van der Waals surface area contributed by atoms with Gasteiger partial charge in [0.15, 0.2) is 0 Å². The third-order valence-electron chi connectivity index (χ3n) is 2.97. The fourth-order valence-corrected chi connectivity index (χ4v) is 3.70. The molecule has 1 aromatic rings. The number of amides is 1. The van der Waals surface area contributed by atoms with Crippen LogP contribution < -0.4 is 5.32 Å². The Morgan fingerprint density at radius 1 is 1.45 bits per heavy atom. The molecule has 8 heteroatoms. The van der Waals surface area contributed by atoms with E-state index in [0.29, 0.717) is 17.1 Å². The number of nitrogens with zero attached hydrogens (tertiary/aromatic N) is 1. The van der Waals surface area contributed by atoms with Crippen molar-refractivity contribution >= 4 is 55.1 Å². The van der Waals surface area contributed by atoms with Gasteiger partial charge in [-0.05, 0) is 18.6 Å². The number of nitrogens with one attached hydrogen (secondary N) is 1. The maximum Gasteiger partial charge on any atom is 0.283 e. The van der Waals surface area contributed by atoms with E-state index in [9.17, 15) is 14.9 Å². The third kappa shape index (κ3) is 3.93. The summed E-state index contributed by atoms with van der Waals surface area (Å²) in [6, 6.07) is 3.99. The van der Waals surface area contributed by atoms with Crippen molar-refractivity contribution in [1.29, 1.82) is 0 Å². The Balaban J connectivity index is 3.12. The Bertz CT molecular complexity index is 513. The van der Waals surface area contributed by atoms with Crippen LogP contribution in [0.5, 0.6) is 0 Å². The second-order valence-electron chi connectivity index (χ2n) is 4.27. The summed E-state index contributed by atoms with van der Waals surface area (Å²) in [5.74, 6) is -0.492. The summed E-state index contributed by atoms with van der Waals surface area (Å²) in [6.45, 7) is 1.93. The van der Waals surface area contributed by atoms with Gasteiger partial charge in [0.2, 0.25) is 0 Å². The molecule has 0 spiro atoms. The van der Waals surface area contributed by atoms with Crippen LogP contribution in [0.25, 0.3) is 0 Å². The standard InChI is InChI=1S/C12H13Br2ClN2O3/c1-2-12(6-13,7-14)16-11(18)9-4-3-8(15)5-10(9)17(19)20/h3-5H,2,6-7H2,1H3,(H,16,18). The number of nitro benzene ring substituents is 1. The molecule has 5 nitrogen and oxygen atoms in total. The molecule has 0 radical (unpaired) electrons.